The third kappa shape index (κ3) is 2.95. The van der Waals surface area contributed by atoms with Gasteiger partial charge in [0.1, 0.15) is 6.04 Å². The molecule has 1 aromatic heterocycles. The van der Waals surface area contributed by atoms with Crippen molar-refractivity contribution in [3.05, 3.63) is 65.0 Å². The number of rotatable bonds is 3. The van der Waals surface area contributed by atoms with Gasteiger partial charge in [0.25, 0.3) is 0 Å². The van der Waals surface area contributed by atoms with E-state index in [-0.39, 0.29) is 11.9 Å². The lowest BCUT2D eigenvalue weighted by atomic mass is 9.94. The average molecular weight is 281 g/mol. The molecule has 21 heavy (non-hydrogen) atoms. The molecule has 0 radical (unpaired) electrons. The number of amides is 1. The number of nitrogens with zero attached hydrogens (tertiary/aromatic N) is 1. The topological polar surface area (TPSA) is 54.0 Å². The number of carbonyl (C=O) groups excluding carboxylic acids is 1. The lowest BCUT2D eigenvalue weighted by Gasteiger charge is -2.26. The van der Waals surface area contributed by atoms with Crippen LogP contribution in [0.15, 0.2) is 42.7 Å². The molecule has 1 amide bonds. The minimum Gasteiger partial charge on any atom is -0.350 e. The number of hydrogen-bond donors (Lipinski definition) is 2. The molecule has 2 aromatic rings. The SMILES string of the molecule is Cc1cnccc1CNC(=O)C1NCCc2ccccc21. The third-order valence-corrected chi connectivity index (χ3v) is 3.96. The zero-order valence-corrected chi connectivity index (χ0v) is 12.1. The summed E-state index contributed by atoms with van der Waals surface area (Å²) in [6.45, 7) is 3.37. The summed E-state index contributed by atoms with van der Waals surface area (Å²) in [7, 11) is 0. The number of nitrogens with one attached hydrogen (secondary N) is 2. The molecule has 1 atom stereocenters. The number of carbonyl (C=O) groups is 1. The van der Waals surface area contributed by atoms with Gasteiger partial charge in [0.15, 0.2) is 0 Å². The lowest BCUT2D eigenvalue weighted by Crippen LogP contribution is -2.41. The molecule has 0 aliphatic carbocycles. The quantitative estimate of drug-likeness (QED) is 0.903. The van der Waals surface area contributed by atoms with Crippen LogP contribution in [0.3, 0.4) is 0 Å². The summed E-state index contributed by atoms with van der Waals surface area (Å²) in [5.74, 6) is 0.0263. The van der Waals surface area contributed by atoms with Gasteiger partial charge in [-0.2, -0.15) is 0 Å². The van der Waals surface area contributed by atoms with Crippen LogP contribution in [0.4, 0.5) is 0 Å². The van der Waals surface area contributed by atoms with Crippen molar-refractivity contribution in [3.8, 4) is 0 Å². The van der Waals surface area contributed by atoms with Crippen LogP contribution >= 0.6 is 0 Å². The van der Waals surface area contributed by atoms with E-state index in [1.54, 1.807) is 6.20 Å². The second-order valence-corrected chi connectivity index (χ2v) is 5.36. The molecular formula is C17H19N3O. The van der Waals surface area contributed by atoms with Crippen LogP contribution in [0, 0.1) is 6.92 Å². The highest BCUT2D eigenvalue weighted by Gasteiger charge is 2.25. The van der Waals surface area contributed by atoms with Gasteiger partial charge in [-0.3, -0.25) is 9.78 Å². The number of pyridine rings is 1. The van der Waals surface area contributed by atoms with Crippen LogP contribution in [-0.2, 0) is 17.8 Å². The molecule has 3 rings (SSSR count). The zero-order chi connectivity index (χ0) is 14.7. The number of benzene rings is 1. The summed E-state index contributed by atoms with van der Waals surface area (Å²) in [5, 5.41) is 6.32. The van der Waals surface area contributed by atoms with E-state index in [0.29, 0.717) is 6.54 Å². The Morgan fingerprint density at radius 3 is 3.10 bits per heavy atom. The molecular weight excluding hydrogens is 262 g/mol. The monoisotopic (exact) mass is 281 g/mol. The second kappa shape index (κ2) is 6.06. The molecule has 108 valence electrons. The Labute approximate surface area is 124 Å². The van der Waals surface area contributed by atoms with E-state index < -0.39 is 0 Å². The first-order chi connectivity index (χ1) is 10.3. The Morgan fingerprint density at radius 1 is 1.38 bits per heavy atom. The highest BCUT2D eigenvalue weighted by atomic mass is 16.2. The first kappa shape index (κ1) is 13.8. The van der Waals surface area contributed by atoms with Gasteiger partial charge in [-0.15, -0.1) is 0 Å². The van der Waals surface area contributed by atoms with E-state index in [0.717, 1.165) is 29.7 Å². The van der Waals surface area contributed by atoms with Crippen LogP contribution in [-0.4, -0.2) is 17.4 Å². The molecule has 0 saturated carbocycles. The smallest absolute Gasteiger partial charge is 0.242 e. The van der Waals surface area contributed by atoms with E-state index >= 15 is 0 Å². The molecule has 0 spiro atoms. The Balaban J connectivity index is 1.71. The molecule has 1 aliphatic rings. The molecule has 0 fully saturated rings. The van der Waals surface area contributed by atoms with Gasteiger partial charge in [0.2, 0.25) is 5.91 Å². The maximum absolute atomic E-state index is 12.5. The van der Waals surface area contributed by atoms with Gasteiger partial charge in [-0.25, -0.2) is 0 Å². The summed E-state index contributed by atoms with van der Waals surface area (Å²) in [5.41, 5.74) is 4.54. The zero-order valence-electron chi connectivity index (χ0n) is 12.1. The van der Waals surface area contributed by atoms with Gasteiger partial charge < -0.3 is 10.6 Å². The Morgan fingerprint density at radius 2 is 2.24 bits per heavy atom. The van der Waals surface area contributed by atoms with Crippen molar-refractivity contribution in [2.75, 3.05) is 6.54 Å². The molecule has 0 bridgehead atoms. The van der Waals surface area contributed by atoms with Crippen molar-refractivity contribution in [3.63, 3.8) is 0 Å². The maximum Gasteiger partial charge on any atom is 0.242 e. The average Bonchev–Trinajstić information content (AvgIpc) is 2.53. The molecule has 2 N–H and O–H groups in total. The fourth-order valence-electron chi connectivity index (χ4n) is 2.72. The summed E-state index contributed by atoms with van der Waals surface area (Å²) in [6, 6.07) is 9.83. The van der Waals surface area contributed by atoms with Crippen molar-refractivity contribution in [1.29, 1.82) is 0 Å². The van der Waals surface area contributed by atoms with Gasteiger partial charge in [-0.05, 0) is 41.7 Å². The number of aryl methyl sites for hydroxylation is 1. The number of hydrogen-bond acceptors (Lipinski definition) is 3. The largest absolute Gasteiger partial charge is 0.350 e. The van der Waals surface area contributed by atoms with E-state index in [2.05, 4.69) is 21.7 Å². The van der Waals surface area contributed by atoms with Gasteiger partial charge in [0.05, 0.1) is 0 Å². The number of aromatic nitrogens is 1. The van der Waals surface area contributed by atoms with Crippen molar-refractivity contribution >= 4 is 5.91 Å². The molecule has 1 aliphatic heterocycles. The van der Waals surface area contributed by atoms with Crippen LogP contribution in [0.2, 0.25) is 0 Å². The standard InChI is InChI=1S/C17H19N3O/c1-12-10-18-8-6-14(12)11-20-17(21)16-15-5-3-2-4-13(15)7-9-19-16/h2-6,8,10,16,19H,7,9,11H2,1H3,(H,20,21). The molecule has 1 aromatic carbocycles. The molecule has 2 heterocycles. The fourth-order valence-corrected chi connectivity index (χ4v) is 2.72. The van der Waals surface area contributed by atoms with Crippen molar-refractivity contribution < 1.29 is 4.79 Å². The van der Waals surface area contributed by atoms with Crippen LogP contribution in [0.1, 0.15) is 28.3 Å². The van der Waals surface area contributed by atoms with E-state index in [1.165, 1.54) is 5.56 Å². The second-order valence-electron chi connectivity index (χ2n) is 5.36. The molecule has 0 saturated heterocycles. The predicted molar refractivity (Wildman–Crippen MR) is 81.7 cm³/mol. The Hall–Kier alpha value is -2.20. The maximum atomic E-state index is 12.5. The van der Waals surface area contributed by atoms with Gasteiger partial charge in [-0.1, -0.05) is 24.3 Å². The van der Waals surface area contributed by atoms with E-state index in [1.807, 2.05) is 37.4 Å². The number of fused-ring (bicyclic) bond motifs is 1. The normalized spacial score (nSPS) is 17.1. The minimum atomic E-state index is -0.253. The highest BCUT2D eigenvalue weighted by Crippen LogP contribution is 2.22. The van der Waals surface area contributed by atoms with Crippen molar-refractivity contribution in [2.45, 2.75) is 25.9 Å². The highest BCUT2D eigenvalue weighted by molar-refractivity contribution is 5.83. The predicted octanol–water partition coefficient (Wildman–Crippen LogP) is 1.89. The van der Waals surface area contributed by atoms with Crippen LogP contribution in [0.5, 0.6) is 0 Å². The Bertz CT molecular complexity index is 654. The molecule has 1 unspecified atom stereocenters. The molecule has 4 nitrogen and oxygen atoms in total. The first-order valence-electron chi connectivity index (χ1n) is 7.24. The van der Waals surface area contributed by atoms with Crippen LogP contribution < -0.4 is 10.6 Å². The fraction of sp³-hybridized carbons (Fsp3) is 0.294. The van der Waals surface area contributed by atoms with Crippen LogP contribution in [0.25, 0.3) is 0 Å². The third-order valence-electron chi connectivity index (χ3n) is 3.96. The summed E-state index contributed by atoms with van der Waals surface area (Å²) in [4.78, 5) is 16.5. The van der Waals surface area contributed by atoms with Crippen molar-refractivity contribution in [2.24, 2.45) is 0 Å². The van der Waals surface area contributed by atoms with Crippen molar-refractivity contribution in [1.82, 2.24) is 15.6 Å². The van der Waals surface area contributed by atoms with Gasteiger partial charge in [0, 0.05) is 25.5 Å². The van der Waals surface area contributed by atoms with E-state index in [9.17, 15) is 4.79 Å². The summed E-state index contributed by atoms with van der Waals surface area (Å²) in [6.07, 6.45) is 4.54. The summed E-state index contributed by atoms with van der Waals surface area (Å²) >= 11 is 0. The molecule has 4 heteroatoms. The van der Waals surface area contributed by atoms with Gasteiger partial charge >= 0.3 is 0 Å². The minimum absolute atomic E-state index is 0.0263. The Kier molecular flexibility index (Phi) is 3.97. The summed E-state index contributed by atoms with van der Waals surface area (Å²) < 4.78 is 0. The van der Waals surface area contributed by atoms with E-state index in [4.69, 9.17) is 0 Å². The first-order valence-corrected chi connectivity index (χ1v) is 7.24. The lowest BCUT2D eigenvalue weighted by molar-refractivity contribution is -0.123.